The van der Waals surface area contributed by atoms with Gasteiger partial charge in [0.2, 0.25) is 5.88 Å². The number of nitrogens with zero attached hydrogens (tertiary/aromatic N) is 3. The Bertz CT molecular complexity index is 889. The van der Waals surface area contributed by atoms with Crippen LogP contribution in [0.15, 0.2) is 57.7 Å². The SMILES string of the molecule is CCC(O)CN(Cc1ccco1)Cc1c(-c2ccccc2)noc1N1CCOCC1. The molecule has 1 saturated heterocycles. The van der Waals surface area contributed by atoms with Crippen LogP contribution in [-0.4, -0.2) is 54.1 Å². The van der Waals surface area contributed by atoms with Crippen molar-refractivity contribution in [2.75, 3.05) is 37.7 Å². The molecule has 3 aromatic rings. The molecule has 7 heteroatoms. The third-order valence-electron chi connectivity index (χ3n) is 5.39. The summed E-state index contributed by atoms with van der Waals surface area (Å²) in [6.07, 6.45) is 1.96. The average molecular weight is 412 g/mol. The third-order valence-corrected chi connectivity index (χ3v) is 5.39. The highest BCUT2D eigenvalue weighted by Crippen LogP contribution is 2.33. The van der Waals surface area contributed by atoms with Gasteiger partial charge in [0.05, 0.1) is 37.7 Å². The average Bonchev–Trinajstić information content (AvgIpc) is 3.45. The molecule has 4 rings (SSSR count). The fraction of sp³-hybridized carbons (Fsp3) is 0.435. The lowest BCUT2D eigenvalue weighted by molar-refractivity contribution is 0.0970. The molecule has 30 heavy (non-hydrogen) atoms. The summed E-state index contributed by atoms with van der Waals surface area (Å²) >= 11 is 0. The number of benzene rings is 1. The predicted molar refractivity (Wildman–Crippen MR) is 114 cm³/mol. The number of rotatable bonds is 9. The van der Waals surface area contributed by atoms with Crippen molar-refractivity contribution in [3.8, 4) is 11.3 Å². The third kappa shape index (κ3) is 4.92. The minimum atomic E-state index is -0.410. The molecule has 1 fully saturated rings. The van der Waals surface area contributed by atoms with Crippen molar-refractivity contribution >= 4 is 5.88 Å². The molecular weight excluding hydrogens is 382 g/mol. The maximum absolute atomic E-state index is 10.4. The van der Waals surface area contributed by atoms with Crippen LogP contribution in [0.2, 0.25) is 0 Å². The van der Waals surface area contributed by atoms with Gasteiger partial charge in [-0.05, 0) is 18.6 Å². The van der Waals surface area contributed by atoms with Crippen molar-refractivity contribution in [2.45, 2.75) is 32.5 Å². The number of furan rings is 1. The molecule has 0 amide bonds. The van der Waals surface area contributed by atoms with Crippen LogP contribution >= 0.6 is 0 Å². The highest BCUT2D eigenvalue weighted by Gasteiger charge is 2.26. The van der Waals surface area contributed by atoms with E-state index in [1.54, 1.807) is 6.26 Å². The van der Waals surface area contributed by atoms with E-state index in [0.717, 1.165) is 41.6 Å². The van der Waals surface area contributed by atoms with E-state index in [0.29, 0.717) is 39.3 Å². The maximum atomic E-state index is 10.4. The van der Waals surface area contributed by atoms with E-state index in [4.69, 9.17) is 13.7 Å². The van der Waals surface area contributed by atoms with Crippen molar-refractivity contribution in [1.29, 1.82) is 0 Å². The van der Waals surface area contributed by atoms with E-state index in [-0.39, 0.29) is 0 Å². The molecule has 1 atom stereocenters. The molecule has 1 unspecified atom stereocenters. The van der Waals surface area contributed by atoms with Gasteiger partial charge in [-0.1, -0.05) is 42.4 Å². The monoisotopic (exact) mass is 411 g/mol. The summed E-state index contributed by atoms with van der Waals surface area (Å²) in [6.45, 7) is 6.61. The second-order valence-corrected chi connectivity index (χ2v) is 7.59. The lowest BCUT2D eigenvalue weighted by Gasteiger charge is -2.28. The largest absolute Gasteiger partial charge is 0.468 e. The van der Waals surface area contributed by atoms with E-state index in [1.165, 1.54) is 0 Å². The second-order valence-electron chi connectivity index (χ2n) is 7.59. The number of anilines is 1. The smallest absolute Gasteiger partial charge is 0.232 e. The zero-order valence-electron chi connectivity index (χ0n) is 17.4. The van der Waals surface area contributed by atoms with Crippen LogP contribution in [0.4, 0.5) is 5.88 Å². The molecule has 7 nitrogen and oxygen atoms in total. The molecule has 1 aliphatic rings. The number of aromatic nitrogens is 1. The van der Waals surface area contributed by atoms with Crippen molar-refractivity contribution in [1.82, 2.24) is 10.1 Å². The highest BCUT2D eigenvalue weighted by atomic mass is 16.5. The summed E-state index contributed by atoms with van der Waals surface area (Å²) in [6, 6.07) is 13.9. The first-order chi connectivity index (χ1) is 14.7. The van der Waals surface area contributed by atoms with Gasteiger partial charge in [-0.15, -0.1) is 0 Å². The topological polar surface area (TPSA) is 75.1 Å². The lowest BCUT2D eigenvalue weighted by Crippen LogP contribution is -2.37. The van der Waals surface area contributed by atoms with Crippen molar-refractivity contribution in [3.63, 3.8) is 0 Å². The zero-order valence-corrected chi connectivity index (χ0v) is 17.4. The van der Waals surface area contributed by atoms with Crippen molar-refractivity contribution in [3.05, 3.63) is 60.1 Å². The second kappa shape index (κ2) is 9.93. The van der Waals surface area contributed by atoms with Gasteiger partial charge in [-0.3, -0.25) is 4.90 Å². The Balaban J connectivity index is 1.67. The molecule has 0 saturated carbocycles. The molecule has 1 N–H and O–H groups in total. The Morgan fingerprint density at radius 1 is 1.10 bits per heavy atom. The van der Waals surface area contributed by atoms with Crippen LogP contribution in [-0.2, 0) is 17.8 Å². The molecule has 0 radical (unpaired) electrons. The molecule has 160 valence electrons. The molecule has 0 bridgehead atoms. The number of morpholine rings is 1. The zero-order chi connectivity index (χ0) is 20.8. The first-order valence-corrected chi connectivity index (χ1v) is 10.5. The van der Waals surface area contributed by atoms with Gasteiger partial charge in [0.1, 0.15) is 11.5 Å². The first kappa shape index (κ1) is 20.7. The number of hydrogen-bond acceptors (Lipinski definition) is 7. The lowest BCUT2D eigenvalue weighted by atomic mass is 10.1. The number of aliphatic hydroxyl groups excluding tert-OH is 1. The van der Waals surface area contributed by atoms with Gasteiger partial charge >= 0.3 is 0 Å². The van der Waals surface area contributed by atoms with Crippen LogP contribution in [0.1, 0.15) is 24.7 Å². The van der Waals surface area contributed by atoms with E-state index in [9.17, 15) is 5.11 Å². The van der Waals surface area contributed by atoms with E-state index < -0.39 is 6.10 Å². The molecule has 1 aliphatic heterocycles. The fourth-order valence-corrected chi connectivity index (χ4v) is 3.74. The molecule has 1 aromatic carbocycles. The van der Waals surface area contributed by atoms with Crippen molar-refractivity contribution in [2.24, 2.45) is 0 Å². The van der Waals surface area contributed by atoms with E-state index in [1.807, 2.05) is 49.4 Å². The van der Waals surface area contributed by atoms with E-state index >= 15 is 0 Å². The van der Waals surface area contributed by atoms with Gasteiger partial charge in [-0.2, -0.15) is 0 Å². The van der Waals surface area contributed by atoms with E-state index in [2.05, 4.69) is 15.0 Å². The van der Waals surface area contributed by atoms with Gasteiger partial charge in [0, 0.05) is 31.7 Å². The Kier molecular flexibility index (Phi) is 6.84. The van der Waals surface area contributed by atoms with Crippen LogP contribution in [0.3, 0.4) is 0 Å². The molecular formula is C23H29N3O4. The van der Waals surface area contributed by atoms with Crippen LogP contribution < -0.4 is 4.90 Å². The summed E-state index contributed by atoms with van der Waals surface area (Å²) in [5.41, 5.74) is 2.88. The van der Waals surface area contributed by atoms with Gasteiger partial charge in [0.15, 0.2) is 0 Å². The Labute approximate surface area is 176 Å². The summed E-state index contributed by atoms with van der Waals surface area (Å²) < 4.78 is 16.9. The Morgan fingerprint density at radius 3 is 2.60 bits per heavy atom. The van der Waals surface area contributed by atoms with Gasteiger partial charge < -0.3 is 23.7 Å². The quantitative estimate of drug-likeness (QED) is 0.577. The maximum Gasteiger partial charge on any atom is 0.232 e. The summed E-state index contributed by atoms with van der Waals surface area (Å²) in [5.74, 6) is 1.65. The number of aliphatic hydroxyl groups is 1. The van der Waals surface area contributed by atoms with Crippen LogP contribution in [0.25, 0.3) is 11.3 Å². The minimum Gasteiger partial charge on any atom is -0.468 e. The fourth-order valence-electron chi connectivity index (χ4n) is 3.74. The van der Waals surface area contributed by atoms with Gasteiger partial charge in [0.25, 0.3) is 0 Å². The Hall–Kier alpha value is -2.61. The van der Waals surface area contributed by atoms with Crippen LogP contribution in [0.5, 0.6) is 0 Å². The first-order valence-electron chi connectivity index (χ1n) is 10.5. The Morgan fingerprint density at radius 2 is 1.90 bits per heavy atom. The standard InChI is InChI=1S/C23H29N3O4/c1-2-19(27)15-25(16-20-9-6-12-29-20)17-21-22(18-7-4-3-5-8-18)24-30-23(21)26-10-13-28-14-11-26/h3-9,12,19,27H,2,10-11,13-17H2,1H3. The van der Waals surface area contributed by atoms with Crippen molar-refractivity contribution < 1.29 is 18.8 Å². The van der Waals surface area contributed by atoms with Gasteiger partial charge in [-0.25, -0.2) is 0 Å². The number of ether oxygens (including phenoxy) is 1. The molecule has 2 aromatic heterocycles. The summed E-state index contributed by atoms with van der Waals surface area (Å²) in [7, 11) is 0. The predicted octanol–water partition coefficient (Wildman–Crippen LogP) is 3.54. The minimum absolute atomic E-state index is 0.410. The number of hydrogen-bond donors (Lipinski definition) is 1. The highest BCUT2D eigenvalue weighted by molar-refractivity contribution is 5.68. The summed E-state index contributed by atoms with van der Waals surface area (Å²) in [4.78, 5) is 4.38. The molecule has 3 heterocycles. The normalized spacial score (nSPS) is 15.6. The molecule has 0 spiro atoms. The summed E-state index contributed by atoms with van der Waals surface area (Å²) in [5, 5.41) is 14.8. The molecule has 0 aliphatic carbocycles. The van der Waals surface area contributed by atoms with Crippen LogP contribution in [0, 0.1) is 0 Å².